The van der Waals surface area contributed by atoms with Crippen LogP contribution < -0.4 is 16.4 Å². The van der Waals surface area contributed by atoms with E-state index in [1.807, 2.05) is 0 Å². The zero-order valence-corrected chi connectivity index (χ0v) is 8.50. The molecule has 0 bridgehead atoms. The lowest BCUT2D eigenvalue weighted by atomic mass is 10.6. The normalized spacial score (nSPS) is 9.60. The van der Waals surface area contributed by atoms with Gasteiger partial charge in [0.2, 0.25) is 0 Å². The van der Waals surface area contributed by atoms with E-state index in [9.17, 15) is 9.59 Å². The number of nitrogens with zero attached hydrogens (tertiary/aromatic N) is 1. The van der Waals surface area contributed by atoms with Gasteiger partial charge in [-0.25, -0.2) is 14.6 Å². The maximum absolute atomic E-state index is 10.5. The van der Waals surface area contributed by atoms with E-state index in [1.165, 1.54) is 6.20 Å². The molecule has 2 amide bonds. The minimum Gasteiger partial charge on any atom is -0.477 e. The average Bonchev–Trinajstić information content (AvgIpc) is 2.60. The first-order valence-corrected chi connectivity index (χ1v) is 4.87. The van der Waals surface area contributed by atoms with Crippen LogP contribution in [-0.4, -0.2) is 35.2 Å². The minimum absolute atomic E-state index is 0.167. The molecule has 0 fully saturated rings. The van der Waals surface area contributed by atoms with Crippen molar-refractivity contribution in [1.82, 2.24) is 10.3 Å². The van der Waals surface area contributed by atoms with Crippen LogP contribution in [0, 0.1) is 0 Å². The number of carboxylic acid groups (broad SMARTS) is 1. The summed E-state index contributed by atoms with van der Waals surface area (Å²) in [6.07, 6.45) is 1.27. The second-order valence-corrected chi connectivity index (χ2v) is 3.58. The maximum Gasteiger partial charge on any atom is 0.347 e. The molecule has 0 aromatic carbocycles. The highest BCUT2D eigenvalue weighted by Gasteiger charge is 2.07. The number of carboxylic acids is 1. The van der Waals surface area contributed by atoms with E-state index < -0.39 is 12.0 Å². The van der Waals surface area contributed by atoms with Crippen LogP contribution in [0.1, 0.15) is 9.67 Å². The van der Waals surface area contributed by atoms with Crippen molar-refractivity contribution in [3.63, 3.8) is 0 Å². The Kier molecular flexibility index (Phi) is 3.86. The molecule has 0 saturated carbocycles. The molecule has 0 spiro atoms. The Balaban J connectivity index is 2.31. The van der Waals surface area contributed by atoms with Crippen LogP contribution in [0.2, 0.25) is 0 Å². The molecule has 8 heteroatoms. The number of nitrogens with one attached hydrogen (secondary N) is 2. The quantitative estimate of drug-likeness (QED) is 0.528. The van der Waals surface area contributed by atoms with Gasteiger partial charge < -0.3 is 21.5 Å². The Labute approximate surface area is 89.3 Å². The molecule has 82 valence electrons. The number of amides is 2. The predicted molar refractivity (Wildman–Crippen MR) is 55.1 cm³/mol. The summed E-state index contributed by atoms with van der Waals surface area (Å²) in [5.41, 5.74) is 4.85. The van der Waals surface area contributed by atoms with E-state index in [2.05, 4.69) is 15.6 Å². The number of urea groups is 1. The third-order valence-electron chi connectivity index (χ3n) is 1.42. The number of aromatic carboxylic acids is 1. The number of nitrogens with two attached hydrogens (primary N) is 1. The van der Waals surface area contributed by atoms with E-state index >= 15 is 0 Å². The van der Waals surface area contributed by atoms with E-state index in [0.717, 1.165) is 11.3 Å². The second kappa shape index (κ2) is 5.15. The third kappa shape index (κ3) is 3.81. The first kappa shape index (κ1) is 11.2. The topological polar surface area (TPSA) is 117 Å². The highest BCUT2D eigenvalue weighted by atomic mass is 32.1. The van der Waals surface area contributed by atoms with Gasteiger partial charge in [0.05, 0.1) is 6.20 Å². The molecule has 0 aliphatic heterocycles. The molecule has 0 saturated heterocycles. The molecule has 1 rings (SSSR count). The number of carbonyl (C=O) groups excluding carboxylic acids is 1. The van der Waals surface area contributed by atoms with Crippen molar-refractivity contribution in [3.8, 4) is 0 Å². The Morgan fingerprint density at radius 2 is 2.27 bits per heavy atom. The Bertz CT molecular complexity index is 365. The summed E-state index contributed by atoms with van der Waals surface area (Å²) in [4.78, 5) is 24.8. The van der Waals surface area contributed by atoms with Gasteiger partial charge in [-0.1, -0.05) is 11.3 Å². The number of thiazole rings is 1. The fraction of sp³-hybridized carbons (Fsp3) is 0.286. The van der Waals surface area contributed by atoms with Crippen LogP contribution in [0.5, 0.6) is 0 Å². The number of hydrogen-bond donors (Lipinski definition) is 4. The highest BCUT2D eigenvalue weighted by Crippen LogP contribution is 2.17. The van der Waals surface area contributed by atoms with Crippen molar-refractivity contribution in [3.05, 3.63) is 11.1 Å². The zero-order valence-electron chi connectivity index (χ0n) is 7.69. The molecule has 0 aliphatic rings. The molecule has 7 nitrogen and oxygen atoms in total. The molecule has 0 radical (unpaired) electrons. The summed E-state index contributed by atoms with van der Waals surface area (Å²) < 4.78 is 0. The van der Waals surface area contributed by atoms with Crippen molar-refractivity contribution >= 4 is 28.5 Å². The standard InChI is InChI=1S/C7H10N4O3S/c8-6(14)9-1-2-10-7-11-3-4(15-7)5(12)13/h3H,1-2H2,(H,10,11)(H,12,13)(H3,8,9,14). The molecule has 1 heterocycles. The number of anilines is 1. The third-order valence-corrected chi connectivity index (χ3v) is 2.36. The number of aromatic nitrogens is 1. The van der Waals surface area contributed by atoms with Gasteiger partial charge in [-0.2, -0.15) is 0 Å². The van der Waals surface area contributed by atoms with Gasteiger partial charge in [-0.05, 0) is 0 Å². The molecule has 0 aliphatic carbocycles. The SMILES string of the molecule is NC(=O)NCCNc1ncc(C(=O)O)s1. The largest absolute Gasteiger partial charge is 0.477 e. The zero-order chi connectivity index (χ0) is 11.3. The lowest BCUT2D eigenvalue weighted by molar-refractivity contribution is 0.0702. The Morgan fingerprint density at radius 3 is 2.80 bits per heavy atom. The molecule has 15 heavy (non-hydrogen) atoms. The van der Waals surface area contributed by atoms with Crippen molar-refractivity contribution < 1.29 is 14.7 Å². The Morgan fingerprint density at radius 1 is 1.53 bits per heavy atom. The molecule has 0 unspecified atom stereocenters. The Hall–Kier alpha value is -1.83. The van der Waals surface area contributed by atoms with Crippen LogP contribution in [0.4, 0.5) is 9.93 Å². The predicted octanol–water partition coefficient (Wildman–Crippen LogP) is -0.0785. The van der Waals surface area contributed by atoms with Crippen LogP contribution in [-0.2, 0) is 0 Å². The van der Waals surface area contributed by atoms with Crippen molar-refractivity contribution in [2.75, 3.05) is 18.4 Å². The number of hydrogen-bond acceptors (Lipinski definition) is 5. The summed E-state index contributed by atoms with van der Waals surface area (Å²) in [5, 5.41) is 14.3. The number of carbonyl (C=O) groups is 2. The van der Waals surface area contributed by atoms with Crippen LogP contribution >= 0.6 is 11.3 Å². The van der Waals surface area contributed by atoms with Crippen molar-refractivity contribution in [2.45, 2.75) is 0 Å². The summed E-state index contributed by atoms with van der Waals surface area (Å²) in [5.74, 6) is -1.00. The van der Waals surface area contributed by atoms with Gasteiger partial charge in [-0.15, -0.1) is 0 Å². The summed E-state index contributed by atoms with van der Waals surface area (Å²) in [6.45, 7) is 0.798. The van der Waals surface area contributed by atoms with Crippen LogP contribution in [0.25, 0.3) is 0 Å². The van der Waals surface area contributed by atoms with Crippen molar-refractivity contribution in [1.29, 1.82) is 0 Å². The van der Waals surface area contributed by atoms with Gasteiger partial charge in [0, 0.05) is 13.1 Å². The van der Waals surface area contributed by atoms with Crippen LogP contribution in [0.3, 0.4) is 0 Å². The number of primary amides is 1. The maximum atomic E-state index is 10.5. The lowest BCUT2D eigenvalue weighted by Gasteiger charge is -2.01. The summed E-state index contributed by atoms with van der Waals surface area (Å²) in [7, 11) is 0. The summed E-state index contributed by atoms with van der Waals surface area (Å²) in [6, 6.07) is -0.595. The highest BCUT2D eigenvalue weighted by molar-refractivity contribution is 7.17. The first-order chi connectivity index (χ1) is 7.09. The fourth-order valence-corrected chi connectivity index (χ4v) is 1.49. The first-order valence-electron chi connectivity index (χ1n) is 4.06. The van der Waals surface area contributed by atoms with Gasteiger partial charge in [0.15, 0.2) is 5.13 Å². The smallest absolute Gasteiger partial charge is 0.347 e. The van der Waals surface area contributed by atoms with E-state index in [4.69, 9.17) is 10.8 Å². The lowest BCUT2D eigenvalue weighted by Crippen LogP contribution is -2.33. The van der Waals surface area contributed by atoms with Gasteiger partial charge >= 0.3 is 12.0 Å². The number of rotatable bonds is 5. The molecule has 5 N–H and O–H groups in total. The van der Waals surface area contributed by atoms with Gasteiger partial charge in [0.1, 0.15) is 4.88 Å². The van der Waals surface area contributed by atoms with E-state index in [1.54, 1.807) is 0 Å². The fourth-order valence-electron chi connectivity index (χ4n) is 0.810. The van der Waals surface area contributed by atoms with E-state index in [0.29, 0.717) is 18.2 Å². The second-order valence-electron chi connectivity index (χ2n) is 2.55. The molecule has 0 atom stereocenters. The minimum atomic E-state index is -1.00. The van der Waals surface area contributed by atoms with Gasteiger partial charge in [0.25, 0.3) is 0 Å². The van der Waals surface area contributed by atoms with Gasteiger partial charge in [-0.3, -0.25) is 0 Å². The molecule has 1 aromatic rings. The molecule has 1 aromatic heterocycles. The van der Waals surface area contributed by atoms with Crippen molar-refractivity contribution in [2.24, 2.45) is 5.73 Å². The average molecular weight is 230 g/mol. The van der Waals surface area contributed by atoms with E-state index in [-0.39, 0.29) is 4.88 Å². The molecular formula is C7H10N4O3S. The summed E-state index contributed by atoms with van der Waals surface area (Å²) >= 11 is 1.03. The molecular weight excluding hydrogens is 220 g/mol. The monoisotopic (exact) mass is 230 g/mol. The van der Waals surface area contributed by atoms with Crippen LogP contribution in [0.15, 0.2) is 6.20 Å².